The first kappa shape index (κ1) is 21.5. The third-order valence-electron chi connectivity index (χ3n) is 3.62. The van der Waals surface area contributed by atoms with Gasteiger partial charge in [0.05, 0.1) is 27.3 Å². The summed E-state index contributed by atoms with van der Waals surface area (Å²) in [5.74, 6) is 6.21. The average Bonchev–Trinajstić information content (AvgIpc) is 3.10. The number of carbonyl (C=O) groups excluding carboxylic acids is 1. The van der Waals surface area contributed by atoms with Crippen molar-refractivity contribution < 1.29 is 9.53 Å². The largest absolute Gasteiger partial charge is 0.429 e. The Kier molecular flexibility index (Phi) is 6.71. The second-order valence-corrected chi connectivity index (χ2v) is 8.72. The molecule has 0 saturated carbocycles. The van der Waals surface area contributed by atoms with Crippen LogP contribution < -0.4 is 10.1 Å². The van der Waals surface area contributed by atoms with E-state index in [0.717, 1.165) is 0 Å². The number of benzene rings is 2. The zero-order valence-corrected chi connectivity index (χ0v) is 18.5. The number of aromatic nitrogens is 1. The molecular formula is C21H15Cl3N2O2S. The summed E-state index contributed by atoms with van der Waals surface area (Å²) in [6, 6.07) is 11.8. The number of hydrogen-bond donors (Lipinski definition) is 1. The molecule has 1 aromatic heterocycles. The van der Waals surface area contributed by atoms with Gasteiger partial charge in [-0.15, -0.1) is 0 Å². The minimum Gasteiger partial charge on any atom is -0.429 e. The Balaban J connectivity index is 1.69. The summed E-state index contributed by atoms with van der Waals surface area (Å²) in [5.41, 5.74) is -0.377. The van der Waals surface area contributed by atoms with E-state index in [1.807, 2.05) is 0 Å². The maximum absolute atomic E-state index is 12.4. The fourth-order valence-electron chi connectivity index (χ4n) is 2.26. The van der Waals surface area contributed by atoms with Gasteiger partial charge in [-0.25, -0.2) is 4.98 Å². The van der Waals surface area contributed by atoms with Crippen molar-refractivity contribution in [1.82, 2.24) is 10.3 Å². The van der Waals surface area contributed by atoms with E-state index in [-0.39, 0.29) is 5.91 Å². The second kappa shape index (κ2) is 9.06. The smallest absolute Gasteiger partial charge is 0.279 e. The second-order valence-electron chi connectivity index (χ2n) is 6.48. The van der Waals surface area contributed by atoms with Gasteiger partial charge < -0.3 is 10.1 Å². The summed E-state index contributed by atoms with van der Waals surface area (Å²) < 4.78 is 5.68. The summed E-state index contributed by atoms with van der Waals surface area (Å²) in [5, 5.41) is 4.57. The molecule has 3 aromatic rings. The standard InChI is InChI=1S/C21H15Cl3N2O2S/c1-21(2,26-19(27)15-5-3-4-6-16(15)23)10-9-14-12-25-20(29-14)28-18-8-7-13(22)11-17(18)24/h3-8,11-12H,1-2H3,(H,26,27). The number of halogens is 3. The minimum atomic E-state index is -0.777. The third-order valence-corrected chi connectivity index (χ3v) is 5.27. The first-order chi connectivity index (χ1) is 13.7. The van der Waals surface area contributed by atoms with Crippen LogP contribution in [0.15, 0.2) is 48.7 Å². The molecule has 0 spiro atoms. The fourth-order valence-corrected chi connectivity index (χ4v) is 3.56. The molecule has 29 heavy (non-hydrogen) atoms. The van der Waals surface area contributed by atoms with Crippen LogP contribution in [-0.4, -0.2) is 16.4 Å². The van der Waals surface area contributed by atoms with Crippen LogP contribution >= 0.6 is 46.1 Å². The molecule has 0 atom stereocenters. The predicted octanol–water partition coefficient (Wildman–Crippen LogP) is 6.46. The lowest BCUT2D eigenvalue weighted by Gasteiger charge is -2.20. The number of nitrogens with zero attached hydrogens (tertiary/aromatic N) is 1. The van der Waals surface area contributed by atoms with Crippen LogP contribution in [0.25, 0.3) is 0 Å². The van der Waals surface area contributed by atoms with Crippen LogP contribution in [-0.2, 0) is 0 Å². The van der Waals surface area contributed by atoms with Crippen LogP contribution in [0.5, 0.6) is 10.9 Å². The summed E-state index contributed by atoms with van der Waals surface area (Å²) in [6.45, 7) is 3.61. The highest BCUT2D eigenvalue weighted by molar-refractivity contribution is 7.13. The predicted molar refractivity (Wildman–Crippen MR) is 119 cm³/mol. The van der Waals surface area contributed by atoms with Gasteiger partial charge in [0.15, 0.2) is 0 Å². The quantitative estimate of drug-likeness (QED) is 0.450. The molecule has 0 aliphatic heterocycles. The van der Waals surface area contributed by atoms with Crippen LogP contribution in [0.1, 0.15) is 29.1 Å². The Labute approximate surface area is 187 Å². The lowest BCUT2D eigenvalue weighted by Crippen LogP contribution is -2.42. The highest BCUT2D eigenvalue weighted by Crippen LogP contribution is 2.33. The van der Waals surface area contributed by atoms with Crippen molar-refractivity contribution in [1.29, 1.82) is 0 Å². The van der Waals surface area contributed by atoms with Crippen molar-refractivity contribution in [2.75, 3.05) is 0 Å². The monoisotopic (exact) mass is 464 g/mol. The molecule has 2 aromatic carbocycles. The van der Waals surface area contributed by atoms with E-state index in [0.29, 0.717) is 36.5 Å². The molecule has 0 bridgehead atoms. The van der Waals surface area contributed by atoms with Gasteiger partial charge in [-0.2, -0.15) is 0 Å². The van der Waals surface area contributed by atoms with Crippen molar-refractivity contribution in [3.8, 4) is 22.8 Å². The highest BCUT2D eigenvalue weighted by atomic mass is 35.5. The molecule has 1 amide bonds. The molecule has 0 unspecified atom stereocenters. The van der Waals surface area contributed by atoms with Crippen molar-refractivity contribution in [2.24, 2.45) is 0 Å². The van der Waals surface area contributed by atoms with Crippen LogP contribution in [0.3, 0.4) is 0 Å². The zero-order valence-electron chi connectivity index (χ0n) is 15.4. The van der Waals surface area contributed by atoms with Crippen molar-refractivity contribution >= 4 is 52.0 Å². The zero-order chi connectivity index (χ0) is 21.0. The van der Waals surface area contributed by atoms with E-state index >= 15 is 0 Å². The Morgan fingerprint density at radius 3 is 2.62 bits per heavy atom. The van der Waals surface area contributed by atoms with Crippen molar-refractivity contribution in [2.45, 2.75) is 19.4 Å². The molecule has 0 fully saturated rings. The van der Waals surface area contributed by atoms with Gasteiger partial charge in [0, 0.05) is 5.02 Å². The van der Waals surface area contributed by atoms with E-state index in [2.05, 4.69) is 22.1 Å². The molecule has 0 saturated heterocycles. The molecule has 0 aliphatic carbocycles. The van der Waals surface area contributed by atoms with E-state index in [1.165, 1.54) is 11.3 Å². The summed E-state index contributed by atoms with van der Waals surface area (Å²) >= 11 is 19.3. The fraction of sp³-hybridized carbons (Fsp3) is 0.143. The molecule has 8 heteroatoms. The molecule has 3 rings (SSSR count). The first-order valence-electron chi connectivity index (χ1n) is 8.42. The Morgan fingerprint density at radius 2 is 1.90 bits per heavy atom. The van der Waals surface area contributed by atoms with Crippen molar-refractivity contribution in [3.05, 3.63) is 74.2 Å². The van der Waals surface area contributed by atoms with Crippen LogP contribution in [0.2, 0.25) is 15.1 Å². The Morgan fingerprint density at radius 1 is 1.14 bits per heavy atom. The summed E-state index contributed by atoms with van der Waals surface area (Å²) in [6.07, 6.45) is 1.60. The molecule has 148 valence electrons. The number of nitrogens with one attached hydrogen (secondary N) is 1. The Hall–Kier alpha value is -2.23. The molecule has 1 heterocycles. The number of amides is 1. The van der Waals surface area contributed by atoms with Gasteiger partial charge >= 0.3 is 0 Å². The number of thiazole rings is 1. The maximum Gasteiger partial charge on any atom is 0.279 e. The number of ether oxygens (including phenoxy) is 1. The van der Waals surface area contributed by atoms with Gasteiger partial charge in [0.2, 0.25) is 0 Å². The number of rotatable bonds is 4. The average molecular weight is 466 g/mol. The van der Waals surface area contributed by atoms with E-state index in [9.17, 15) is 4.79 Å². The van der Waals surface area contributed by atoms with Crippen molar-refractivity contribution in [3.63, 3.8) is 0 Å². The molecule has 0 radical (unpaired) electrons. The lowest BCUT2D eigenvalue weighted by molar-refractivity contribution is 0.0930. The van der Waals surface area contributed by atoms with Gasteiger partial charge in [-0.05, 0) is 44.2 Å². The van der Waals surface area contributed by atoms with E-state index in [4.69, 9.17) is 39.5 Å². The summed E-state index contributed by atoms with van der Waals surface area (Å²) in [4.78, 5) is 17.3. The summed E-state index contributed by atoms with van der Waals surface area (Å²) in [7, 11) is 0. The SMILES string of the molecule is CC(C)(C#Cc1cnc(Oc2ccc(Cl)cc2Cl)s1)NC(=O)c1ccccc1Cl. The Bertz CT molecular complexity index is 1120. The van der Waals surface area contributed by atoms with Gasteiger partial charge in [-0.1, -0.05) is 70.1 Å². The molecule has 4 nitrogen and oxygen atoms in total. The van der Waals surface area contributed by atoms with E-state index in [1.54, 1.807) is 62.5 Å². The lowest BCUT2D eigenvalue weighted by atomic mass is 10.1. The minimum absolute atomic E-state index is 0.291. The third kappa shape index (κ3) is 5.88. The maximum atomic E-state index is 12.4. The number of hydrogen-bond acceptors (Lipinski definition) is 4. The first-order valence-corrected chi connectivity index (χ1v) is 10.4. The van der Waals surface area contributed by atoms with Gasteiger partial charge in [-0.3, -0.25) is 4.79 Å². The van der Waals surface area contributed by atoms with E-state index < -0.39 is 5.54 Å². The van der Waals surface area contributed by atoms with Gasteiger partial charge in [0.25, 0.3) is 11.1 Å². The molecular weight excluding hydrogens is 451 g/mol. The topological polar surface area (TPSA) is 51.2 Å². The normalized spacial score (nSPS) is 10.8. The highest BCUT2D eigenvalue weighted by Gasteiger charge is 2.20. The molecule has 0 aliphatic rings. The van der Waals surface area contributed by atoms with Crippen LogP contribution in [0.4, 0.5) is 0 Å². The molecule has 1 N–H and O–H groups in total. The van der Waals surface area contributed by atoms with Gasteiger partial charge in [0.1, 0.15) is 10.6 Å². The van der Waals surface area contributed by atoms with Crippen LogP contribution in [0, 0.1) is 11.8 Å². The number of carbonyl (C=O) groups is 1.